The highest BCUT2D eigenvalue weighted by Gasteiger charge is 2.48. The molecule has 1 spiro atoms. The van der Waals surface area contributed by atoms with Crippen LogP contribution in [0.3, 0.4) is 0 Å². The van der Waals surface area contributed by atoms with Crippen molar-refractivity contribution < 1.29 is 14.3 Å². The molecule has 0 aromatic carbocycles. The van der Waals surface area contributed by atoms with E-state index in [4.69, 9.17) is 15.2 Å². The van der Waals surface area contributed by atoms with Gasteiger partial charge in [-0.15, -0.1) is 11.3 Å². The van der Waals surface area contributed by atoms with Gasteiger partial charge in [-0.25, -0.2) is 0 Å². The van der Waals surface area contributed by atoms with E-state index in [9.17, 15) is 4.79 Å². The largest absolute Gasteiger partial charge is 0.390 e. The first-order valence-corrected chi connectivity index (χ1v) is 8.89. The maximum Gasteiger partial charge on any atom is 0.254 e. The van der Waals surface area contributed by atoms with Gasteiger partial charge in [-0.1, -0.05) is 6.92 Å². The van der Waals surface area contributed by atoms with Gasteiger partial charge in [-0.3, -0.25) is 4.79 Å². The fraction of sp³-hybridized carbons (Fsp3) is 0.688. The average Bonchev–Trinajstić information content (AvgIpc) is 3.10. The molecule has 2 heterocycles. The Morgan fingerprint density at radius 1 is 1.41 bits per heavy atom. The quantitative estimate of drug-likeness (QED) is 0.895. The minimum atomic E-state index is -0.563. The van der Waals surface area contributed by atoms with Gasteiger partial charge < -0.3 is 20.5 Å². The Morgan fingerprint density at radius 3 is 2.82 bits per heavy atom. The second kappa shape index (κ2) is 5.22. The van der Waals surface area contributed by atoms with Crippen LogP contribution in [0.15, 0.2) is 0 Å². The van der Waals surface area contributed by atoms with Crippen LogP contribution in [-0.2, 0) is 15.9 Å². The molecule has 1 saturated heterocycles. The van der Waals surface area contributed by atoms with Gasteiger partial charge in [0, 0.05) is 23.8 Å². The number of anilines is 1. The third-order valence-corrected chi connectivity index (χ3v) is 6.19. The van der Waals surface area contributed by atoms with Crippen LogP contribution in [0.2, 0.25) is 0 Å². The summed E-state index contributed by atoms with van der Waals surface area (Å²) in [5, 5.41) is 3.67. The Morgan fingerprint density at radius 2 is 2.14 bits per heavy atom. The zero-order valence-electron chi connectivity index (χ0n) is 12.8. The van der Waals surface area contributed by atoms with E-state index in [1.165, 1.54) is 17.7 Å². The SMILES string of the molecule is CC1c2c(sc(N)c2C(=O)NCC2CC2)CCC12OCCO2. The second-order valence-electron chi connectivity index (χ2n) is 6.56. The molecule has 2 fully saturated rings. The van der Waals surface area contributed by atoms with Crippen LogP contribution < -0.4 is 11.1 Å². The Hall–Kier alpha value is -1.11. The van der Waals surface area contributed by atoms with Crippen LogP contribution in [0, 0.1) is 5.92 Å². The number of nitrogen functional groups attached to an aromatic ring is 1. The number of hydrogen-bond donors (Lipinski definition) is 2. The number of nitrogens with two attached hydrogens (primary N) is 1. The highest BCUT2D eigenvalue weighted by Crippen LogP contribution is 2.49. The molecule has 22 heavy (non-hydrogen) atoms. The number of rotatable bonds is 3. The fourth-order valence-corrected chi connectivity index (χ4v) is 4.79. The van der Waals surface area contributed by atoms with E-state index in [1.54, 1.807) is 11.3 Å². The molecule has 1 aromatic rings. The number of fused-ring (bicyclic) bond motifs is 1. The number of carbonyl (C=O) groups excluding carboxylic acids is 1. The average molecular weight is 322 g/mol. The van der Waals surface area contributed by atoms with E-state index < -0.39 is 5.79 Å². The third-order valence-electron chi connectivity index (χ3n) is 5.09. The van der Waals surface area contributed by atoms with E-state index in [-0.39, 0.29) is 11.8 Å². The maximum absolute atomic E-state index is 12.6. The molecule has 3 N–H and O–H groups in total. The van der Waals surface area contributed by atoms with Crippen molar-refractivity contribution in [2.45, 2.75) is 44.3 Å². The molecule has 1 aliphatic heterocycles. The second-order valence-corrected chi connectivity index (χ2v) is 7.70. The van der Waals surface area contributed by atoms with E-state index in [2.05, 4.69) is 12.2 Å². The first-order chi connectivity index (χ1) is 10.6. The molecule has 0 bridgehead atoms. The Bertz CT molecular complexity index is 603. The summed E-state index contributed by atoms with van der Waals surface area (Å²) in [5.74, 6) is 0.0918. The van der Waals surface area contributed by atoms with Crippen LogP contribution >= 0.6 is 11.3 Å². The Labute approximate surface area is 134 Å². The molecule has 1 unspecified atom stereocenters. The molecule has 1 amide bonds. The van der Waals surface area contributed by atoms with Crippen molar-refractivity contribution in [2.75, 3.05) is 25.5 Å². The van der Waals surface area contributed by atoms with Crippen molar-refractivity contribution in [2.24, 2.45) is 5.92 Å². The smallest absolute Gasteiger partial charge is 0.254 e. The number of thiophene rings is 1. The molecule has 1 atom stereocenters. The van der Waals surface area contributed by atoms with Crippen molar-refractivity contribution in [1.82, 2.24) is 5.32 Å². The zero-order chi connectivity index (χ0) is 15.3. The Balaban J connectivity index is 1.65. The van der Waals surface area contributed by atoms with Gasteiger partial charge in [-0.2, -0.15) is 0 Å². The summed E-state index contributed by atoms with van der Waals surface area (Å²) in [7, 11) is 0. The number of nitrogens with one attached hydrogen (secondary N) is 1. The summed E-state index contributed by atoms with van der Waals surface area (Å²) >= 11 is 1.55. The zero-order valence-corrected chi connectivity index (χ0v) is 13.6. The van der Waals surface area contributed by atoms with Gasteiger partial charge >= 0.3 is 0 Å². The van der Waals surface area contributed by atoms with Gasteiger partial charge in [0.15, 0.2) is 5.79 Å². The standard InChI is InChI=1S/C16H22N2O3S/c1-9-12-11(4-5-16(9)20-6-7-21-16)22-14(17)13(12)15(19)18-8-10-2-3-10/h9-10H,2-8,17H2,1H3,(H,18,19). The van der Waals surface area contributed by atoms with E-state index in [0.29, 0.717) is 29.7 Å². The summed E-state index contributed by atoms with van der Waals surface area (Å²) in [5.41, 5.74) is 7.87. The number of ether oxygens (including phenoxy) is 2. The molecule has 5 nitrogen and oxygen atoms in total. The molecule has 6 heteroatoms. The van der Waals surface area contributed by atoms with Gasteiger partial charge in [0.25, 0.3) is 5.91 Å². The molecule has 1 aromatic heterocycles. The van der Waals surface area contributed by atoms with Crippen molar-refractivity contribution >= 4 is 22.2 Å². The molecular formula is C16H22N2O3S. The third kappa shape index (κ3) is 2.25. The van der Waals surface area contributed by atoms with Gasteiger partial charge in [0.1, 0.15) is 0 Å². The molecule has 2 aliphatic carbocycles. The minimum Gasteiger partial charge on any atom is -0.390 e. The topological polar surface area (TPSA) is 73.6 Å². The summed E-state index contributed by atoms with van der Waals surface area (Å²) in [4.78, 5) is 13.8. The summed E-state index contributed by atoms with van der Waals surface area (Å²) in [6.45, 7) is 4.10. The lowest BCUT2D eigenvalue weighted by atomic mass is 9.81. The van der Waals surface area contributed by atoms with Crippen LogP contribution in [0.25, 0.3) is 0 Å². The number of hydrogen-bond acceptors (Lipinski definition) is 5. The molecule has 3 aliphatic rings. The van der Waals surface area contributed by atoms with E-state index >= 15 is 0 Å². The van der Waals surface area contributed by atoms with Crippen LogP contribution in [-0.4, -0.2) is 31.5 Å². The van der Waals surface area contributed by atoms with Crippen molar-refractivity contribution in [1.29, 1.82) is 0 Å². The summed E-state index contributed by atoms with van der Waals surface area (Å²) < 4.78 is 11.8. The van der Waals surface area contributed by atoms with Crippen molar-refractivity contribution in [3.63, 3.8) is 0 Å². The highest BCUT2D eigenvalue weighted by molar-refractivity contribution is 7.16. The lowest BCUT2D eigenvalue weighted by Gasteiger charge is -2.37. The first kappa shape index (κ1) is 14.5. The molecule has 120 valence electrons. The van der Waals surface area contributed by atoms with Gasteiger partial charge in [0.2, 0.25) is 0 Å². The predicted octanol–water partition coefficient (Wildman–Crippen LogP) is 2.26. The van der Waals surface area contributed by atoms with E-state index in [1.807, 2.05) is 0 Å². The maximum atomic E-state index is 12.6. The molecule has 1 saturated carbocycles. The van der Waals surface area contributed by atoms with Crippen molar-refractivity contribution in [3.05, 3.63) is 16.0 Å². The predicted molar refractivity (Wildman–Crippen MR) is 85.2 cm³/mol. The van der Waals surface area contributed by atoms with Crippen LogP contribution in [0.4, 0.5) is 5.00 Å². The minimum absolute atomic E-state index is 0.0361. The molecule has 4 rings (SSSR count). The molecular weight excluding hydrogens is 300 g/mol. The molecule has 0 radical (unpaired) electrons. The normalized spacial score (nSPS) is 26.1. The number of aryl methyl sites for hydroxylation is 1. The monoisotopic (exact) mass is 322 g/mol. The van der Waals surface area contributed by atoms with Crippen molar-refractivity contribution in [3.8, 4) is 0 Å². The van der Waals surface area contributed by atoms with Crippen LogP contribution in [0.1, 0.15) is 52.9 Å². The fourth-order valence-electron chi connectivity index (χ4n) is 3.63. The summed E-state index contributed by atoms with van der Waals surface area (Å²) in [6, 6.07) is 0. The first-order valence-electron chi connectivity index (χ1n) is 8.08. The highest BCUT2D eigenvalue weighted by atomic mass is 32.1. The lowest BCUT2D eigenvalue weighted by molar-refractivity contribution is -0.179. The number of amides is 1. The Kier molecular flexibility index (Phi) is 3.43. The summed E-state index contributed by atoms with van der Waals surface area (Å²) in [6.07, 6.45) is 4.14. The number of carbonyl (C=O) groups is 1. The van der Waals surface area contributed by atoms with E-state index in [0.717, 1.165) is 24.9 Å². The van der Waals surface area contributed by atoms with Gasteiger partial charge in [-0.05, 0) is 30.7 Å². The lowest BCUT2D eigenvalue weighted by Crippen LogP contribution is -2.41. The van der Waals surface area contributed by atoms with Gasteiger partial charge in [0.05, 0.1) is 23.8 Å². The van der Waals surface area contributed by atoms with Crippen LogP contribution in [0.5, 0.6) is 0 Å².